The molecule has 2 unspecified atom stereocenters. The van der Waals surface area contributed by atoms with E-state index in [-0.39, 0.29) is 11.6 Å². The minimum absolute atomic E-state index is 0.00719. The van der Waals surface area contributed by atoms with Gasteiger partial charge < -0.3 is 9.47 Å². The van der Waals surface area contributed by atoms with Crippen LogP contribution in [-0.4, -0.2) is 24.8 Å². The van der Waals surface area contributed by atoms with Crippen LogP contribution in [0.1, 0.15) is 254 Å². The highest BCUT2D eigenvalue weighted by molar-refractivity contribution is 7.12. The van der Waals surface area contributed by atoms with Crippen molar-refractivity contribution in [2.24, 2.45) is 11.8 Å². The molecular formula is C62H92O4S2. The van der Waals surface area contributed by atoms with Crippen molar-refractivity contribution in [1.29, 1.82) is 0 Å². The SMILES string of the molecule is CCCCCCCCCCC(CCCCCCCC)COc1c2c(c(OCC(CCCCCCCC)CCCCCCCCCC)c3c1=CC(=O)C(c1cccs1)=C3)=CC(=O)C(c1cccs1)=C2. The number of benzene rings is 1. The number of carbonyl (C=O) groups excluding carboxylic acids is 2. The third kappa shape index (κ3) is 18.8. The summed E-state index contributed by atoms with van der Waals surface area (Å²) < 4.78 is 14.4. The number of allylic oxidation sites excluding steroid dienone is 2. The first-order valence-corrected chi connectivity index (χ1v) is 30.0. The Bertz CT molecular complexity index is 1910. The summed E-state index contributed by atoms with van der Waals surface area (Å²) in [6.45, 7) is 10.4. The lowest BCUT2D eigenvalue weighted by atomic mass is 9.89. The van der Waals surface area contributed by atoms with Gasteiger partial charge in [-0.2, -0.15) is 0 Å². The van der Waals surface area contributed by atoms with Gasteiger partial charge in [0.15, 0.2) is 11.6 Å². The second kappa shape index (κ2) is 33.4. The van der Waals surface area contributed by atoms with Crippen LogP contribution in [-0.2, 0) is 9.59 Å². The van der Waals surface area contributed by atoms with E-state index in [1.54, 1.807) is 22.7 Å². The quantitative estimate of drug-likeness (QED) is 0.0533. The van der Waals surface area contributed by atoms with Gasteiger partial charge in [0.1, 0.15) is 11.5 Å². The topological polar surface area (TPSA) is 52.6 Å². The Kier molecular flexibility index (Phi) is 27.3. The van der Waals surface area contributed by atoms with Crippen LogP contribution in [0.25, 0.3) is 35.5 Å². The highest BCUT2D eigenvalue weighted by atomic mass is 32.1. The first-order chi connectivity index (χ1) is 33.5. The van der Waals surface area contributed by atoms with Gasteiger partial charge in [-0.1, -0.05) is 220 Å². The van der Waals surface area contributed by atoms with Crippen LogP contribution in [0.2, 0.25) is 0 Å². The Morgan fingerprint density at radius 3 is 0.971 bits per heavy atom. The Labute approximate surface area is 422 Å². The zero-order valence-electron chi connectivity index (χ0n) is 43.4. The number of Topliss-reactive ketones (excluding diaryl/α,β-unsaturated/α-hetero) is 2. The summed E-state index contributed by atoms with van der Waals surface area (Å²) >= 11 is 3.18. The lowest BCUT2D eigenvalue weighted by Gasteiger charge is -2.25. The van der Waals surface area contributed by atoms with Crippen molar-refractivity contribution < 1.29 is 19.1 Å². The first-order valence-electron chi connectivity index (χ1n) is 28.3. The Balaban J connectivity index is 1.49. The molecule has 0 N–H and O–H groups in total. The van der Waals surface area contributed by atoms with Gasteiger partial charge in [0.05, 0.1) is 13.2 Å². The van der Waals surface area contributed by atoms with Crippen molar-refractivity contribution in [2.75, 3.05) is 13.2 Å². The maximum atomic E-state index is 14.3. The minimum Gasteiger partial charge on any atom is -0.492 e. The molecule has 4 nitrogen and oxygen atoms in total. The summed E-state index contributed by atoms with van der Waals surface area (Å²) in [5.41, 5.74) is 3.11. The number of hydrogen-bond acceptors (Lipinski definition) is 6. The van der Waals surface area contributed by atoms with E-state index in [4.69, 9.17) is 9.47 Å². The zero-order valence-corrected chi connectivity index (χ0v) is 45.1. The number of thiophene rings is 2. The standard InChI is InChI=1S/C62H92O4S2/c1-5-9-13-17-21-23-27-31-37-49(35-29-25-19-15-11-7-3)47-65-61-51-43-55(59-39-33-41-67-59)58(64)46-54(51)62(52-44-56(57(63)45-53(52)61)60-40-34-42-68-60)66-48-50(36-30-26-20-16-12-8-4)38-32-28-24-22-18-14-10-6-2/h33-34,39-46,49-50H,5-32,35-38,47-48H2,1-4H3. The summed E-state index contributed by atoms with van der Waals surface area (Å²) in [6.07, 6.45) is 48.7. The molecule has 0 saturated heterocycles. The lowest BCUT2D eigenvalue weighted by Crippen LogP contribution is -2.31. The summed E-state index contributed by atoms with van der Waals surface area (Å²) in [4.78, 5) is 30.5. The van der Waals surface area contributed by atoms with E-state index in [0.29, 0.717) is 36.2 Å². The number of ether oxygens (including phenoxy) is 2. The van der Waals surface area contributed by atoms with Crippen molar-refractivity contribution >= 4 is 69.7 Å². The Morgan fingerprint density at radius 2 is 0.691 bits per heavy atom. The van der Waals surface area contributed by atoms with Crippen molar-refractivity contribution in [3.63, 3.8) is 0 Å². The number of hydrogen-bond donors (Lipinski definition) is 0. The summed E-state index contributed by atoms with van der Waals surface area (Å²) in [7, 11) is 0. The van der Waals surface area contributed by atoms with Gasteiger partial charge in [0.25, 0.3) is 0 Å². The predicted octanol–water partition coefficient (Wildman–Crippen LogP) is 18.2. The van der Waals surface area contributed by atoms with E-state index in [0.717, 1.165) is 68.5 Å². The van der Waals surface area contributed by atoms with Crippen LogP contribution in [0, 0.1) is 11.8 Å². The Hall–Kier alpha value is -3.22. The number of unbranched alkanes of at least 4 members (excludes halogenated alkanes) is 24. The lowest BCUT2D eigenvalue weighted by molar-refractivity contribution is -0.109. The van der Waals surface area contributed by atoms with E-state index in [2.05, 4.69) is 39.8 Å². The maximum Gasteiger partial charge on any atom is 0.188 e. The molecule has 376 valence electrons. The molecular weight excluding hydrogens is 873 g/mol. The third-order valence-electron chi connectivity index (χ3n) is 14.6. The fourth-order valence-electron chi connectivity index (χ4n) is 10.3. The molecule has 2 aliphatic rings. The molecule has 0 spiro atoms. The fraction of sp³-hybridized carbons (Fsp3) is 0.645. The normalized spacial score (nSPS) is 14.2. The van der Waals surface area contributed by atoms with Gasteiger partial charge >= 0.3 is 0 Å². The molecule has 0 amide bonds. The molecule has 5 rings (SSSR count). The van der Waals surface area contributed by atoms with Crippen molar-refractivity contribution in [3.8, 4) is 11.5 Å². The Morgan fingerprint density at radius 1 is 0.397 bits per heavy atom. The molecule has 6 heteroatoms. The fourth-order valence-corrected chi connectivity index (χ4v) is 11.8. The number of fused-ring (bicyclic) bond motifs is 2. The predicted molar refractivity (Wildman–Crippen MR) is 297 cm³/mol. The zero-order chi connectivity index (χ0) is 48.0. The van der Waals surface area contributed by atoms with Gasteiger partial charge in [0, 0.05) is 42.5 Å². The molecule has 68 heavy (non-hydrogen) atoms. The van der Waals surface area contributed by atoms with Gasteiger partial charge in [-0.05, 0) is 84.7 Å². The van der Waals surface area contributed by atoms with E-state index in [9.17, 15) is 9.59 Å². The maximum absolute atomic E-state index is 14.3. The minimum atomic E-state index is -0.00719. The molecule has 2 heterocycles. The smallest absolute Gasteiger partial charge is 0.188 e. The average Bonchev–Trinajstić information content (AvgIpc) is 4.09. The van der Waals surface area contributed by atoms with Gasteiger partial charge in [-0.25, -0.2) is 0 Å². The van der Waals surface area contributed by atoms with Gasteiger partial charge in [-0.3, -0.25) is 9.59 Å². The number of rotatable bonds is 40. The molecule has 0 bridgehead atoms. The van der Waals surface area contributed by atoms with Crippen LogP contribution in [0.15, 0.2) is 35.0 Å². The van der Waals surface area contributed by atoms with Gasteiger partial charge in [0.2, 0.25) is 0 Å². The highest BCUT2D eigenvalue weighted by Gasteiger charge is 2.29. The molecule has 0 aliphatic heterocycles. The number of carbonyl (C=O) groups is 2. The second-order valence-corrected chi connectivity index (χ2v) is 22.3. The monoisotopic (exact) mass is 965 g/mol. The molecule has 1 aromatic carbocycles. The third-order valence-corrected chi connectivity index (χ3v) is 16.4. The average molecular weight is 966 g/mol. The summed E-state index contributed by atoms with van der Waals surface area (Å²) in [5.74, 6) is 2.28. The molecule has 0 radical (unpaired) electrons. The van der Waals surface area contributed by atoms with Crippen molar-refractivity contribution in [2.45, 2.75) is 233 Å². The van der Waals surface area contributed by atoms with E-state index in [1.165, 1.54) is 180 Å². The summed E-state index contributed by atoms with van der Waals surface area (Å²) in [6, 6.07) is 8.10. The van der Waals surface area contributed by atoms with E-state index in [1.807, 2.05) is 47.2 Å². The molecule has 0 fully saturated rings. The van der Waals surface area contributed by atoms with Crippen LogP contribution < -0.4 is 19.9 Å². The molecule has 3 aromatic rings. The van der Waals surface area contributed by atoms with Crippen LogP contribution in [0.4, 0.5) is 0 Å². The van der Waals surface area contributed by atoms with E-state index >= 15 is 0 Å². The van der Waals surface area contributed by atoms with Crippen LogP contribution in [0.5, 0.6) is 11.5 Å². The molecule has 2 aliphatic carbocycles. The van der Waals surface area contributed by atoms with Crippen molar-refractivity contribution in [3.05, 3.63) is 66.3 Å². The summed E-state index contributed by atoms with van der Waals surface area (Å²) in [5, 5.41) is 5.68. The molecule has 2 aromatic heterocycles. The van der Waals surface area contributed by atoms with Crippen LogP contribution >= 0.6 is 22.7 Å². The molecule has 0 saturated carbocycles. The van der Waals surface area contributed by atoms with Crippen molar-refractivity contribution in [1.82, 2.24) is 0 Å². The molecule has 2 atom stereocenters. The second-order valence-electron chi connectivity index (χ2n) is 20.4. The van der Waals surface area contributed by atoms with E-state index < -0.39 is 0 Å². The van der Waals surface area contributed by atoms with Crippen LogP contribution in [0.3, 0.4) is 0 Å². The number of ketones is 2. The highest BCUT2D eigenvalue weighted by Crippen LogP contribution is 2.36. The largest absolute Gasteiger partial charge is 0.492 e. The first kappa shape index (κ1) is 55.7. The van der Waals surface area contributed by atoms with Gasteiger partial charge in [-0.15, -0.1) is 22.7 Å².